The van der Waals surface area contributed by atoms with Crippen molar-refractivity contribution < 1.29 is 9.47 Å². The lowest BCUT2D eigenvalue weighted by atomic mass is 10.2. The van der Waals surface area contributed by atoms with Gasteiger partial charge in [0.2, 0.25) is 0 Å². The fraction of sp³-hybridized carbons (Fsp3) is 0.650. The zero-order valence-corrected chi connectivity index (χ0v) is 15.9. The Bertz CT molecular complexity index is 567. The Morgan fingerprint density at radius 2 is 2.00 bits per heavy atom. The van der Waals surface area contributed by atoms with Crippen molar-refractivity contribution in [3.8, 4) is 5.75 Å². The van der Waals surface area contributed by atoms with Gasteiger partial charge in [-0.3, -0.25) is 9.89 Å². The highest BCUT2D eigenvalue weighted by molar-refractivity contribution is 5.80. The molecule has 1 aromatic carbocycles. The monoisotopic (exact) mass is 360 g/mol. The maximum atomic E-state index is 6.06. The number of ether oxygens (including phenoxy) is 2. The average molecular weight is 361 g/mol. The van der Waals surface area contributed by atoms with Crippen LogP contribution in [0.5, 0.6) is 5.75 Å². The van der Waals surface area contributed by atoms with Gasteiger partial charge in [-0.25, -0.2) is 0 Å². The van der Waals surface area contributed by atoms with Crippen LogP contribution in [0, 0.1) is 0 Å². The van der Waals surface area contributed by atoms with E-state index in [1.54, 1.807) is 0 Å². The van der Waals surface area contributed by atoms with E-state index in [1.807, 2.05) is 19.2 Å². The van der Waals surface area contributed by atoms with E-state index in [0.717, 1.165) is 50.1 Å². The number of hydrogen-bond acceptors (Lipinski definition) is 4. The van der Waals surface area contributed by atoms with E-state index >= 15 is 0 Å². The lowest BCUT2D eigenvalue weighted by Crippen LogP contribution is -2.42. The summed E-state index contributed by atoms with van der Waals surface area (Å²) in [6.45, 7) is 5.99. The molecule has 0 amide bonds. The quantitative estimate of drug-likeness (QED) is 0.575. The summed E-state index contributed by atoms with van der Waals surface area (Å²) in [6, 6.07) is 8.79. The van der Waals surface area contributed by atoms with E-state index in [-0.39, 0.29) is 0 Å². The molecule has 2 fully saturated rings. The number of hydrogen-bond donors (Lipinski definition) is 2. The van der Waals surface area contributed by atoms with Crippen LogP contribution in [0.15, 0.2) is 29.3 Å². The zero-order valence-electron chi connectivity index (χ0n) is 15.9. The molecule has 26 heavy (non-hydrogen) atoms. The molecule has 1 saturated carbocycles. The Labute approximate surface area is 157 Å². The van der Waals surface area contributed by atoms with Crippen molar-refractivity contribution >= 4 is 5.96 Å². The molecule has 6 nitrogen and oxygen atoms in total. The lowest BCUT2D eigenvalue weighted by molar-refractivity contribution is 0.0322. The molecule has 1 aliphatic carbocycles. The van der Waals surface area contributed by atoms with Crippen molar-refractivity contribution in [2.75, 3.05) is 46.5 Å². The topological polar surface area (TPSA) is 58.1 Å². The number of nitrogens with zero attached hydrogens (tertiary/aromatic N) is 2. The summed E-state index contributed by atoms with van der Waals surface area (Å²) >= 11 is 0. The first-order valence-corrected chi connectivity index (χ1v) is 9.83. The molecule has 1 aromatic rings. The van der Waals surface area contributed by atoms with Crippen LogP contribution in [0.1, 0.15) is 31.2 Å². The summed E-state index contributed by atoms with van der Waals surface area (Å²) < 4.78 is 11.4. The molecule has 0 atom stereocenters. The second-order valence-corrected chi connectivity index (χ2v) is 6.96. The Balaban J connectivity index is 1.46. The third kappa shape index (κ3) is 5.88. The maximum Gasteiger partial charge on any atom is 0.191 e. The molecule has 0 spiro atoms. The van der Waals surface area contributed by atoms with E-state index in [0.29, 0.717) is 19.2 Å². The summed E-state index contributed by atoms with van der Waals surface area (Å²) in [5.74, 6) is 1.82. The van der Waals surface area contributed by atoms with Gasteiger partial charge in [0.25, 0.3) is 0 Å². The van der Waals surface area contributed by atoms with Crippen LogP contribution >= 0.6 is 0 Å². The van der Waals surface area contributed by atoms with Crippen molar-refractivity contribution in [2.45, 2.75) is 38.3 Å². The molecule has 1 heterocycles. The largest absolute Gasteiger partial charge is 0.492 e. The van der Waals surface area contributed by atoms with E-state index < -0.39 is 0 Å². The Morgan fingerprint density at radius 3 is 2.77 bits per heavy atom. The van der Waals surface area contributed by atoms with E-state index in [4.69, 9.17) is 9.47 Å². The van der Waals surface area contributed by atoms with E-state index in [9.17, 15) is 0 Å². The maximum absolute atomic E-state index is 6.06. The summed E-state index contributed by atoms with van der Waals surface area (Å²) in [6.07, 6.45) is 5.10. The predicted octanol–water partition coefficient (Wildman–Crippen LogP) is 2.01. The molecule has 3 rings (SSSR count). The van der Waals surface area contributed by atoms with E-state index in [1.165, 1.54) is 25.7 Å². The van der Waals surface area contributed by atoms with Crippen LogP contribution in [-0.4, -0.2) is 63.4 Å². The number of para-hydroxylation sites is 1. The van der Waals surface area contributed by atoms with Crippen LogP contribution < -0.4 is 15.4 Å². The molecule has 0 radical (unpaired) electrons. The van der Waals surface area contributed by atoms with Crippen LogP contribution in [-0.2, 0) is 11.3 Å². The second-order valence-electron chi connectivity index (χ2n) is 6.96. The van der Waals surface area contributed by atoms with Gasteiger partial charge in [-0.15, -0.1) is 0 Å². The molecule has 2 N–H and O–H groups in total. The van der Waals surface area contributed by atoms with Gasteiger partial charge in [0, 0.05) is 44.8 Å². The van der Waals surface area contributed by atoms with Gasteiger partial charge in [-0.2, -0.15) is 0 Å². The van der Waals surface area contributed by atoms with Gasteiger partial charge >= 0.3 is 0 Å². The number of rotatable bonds is 7. The van der Waals surface area contributed by atoms with Crippen molar-refractivity contribution in [1.29, 1.82) is 0 Å². The van der Waals surface area contributed by atoms with Gasteiger partial charge in [0.15, 0.2) is 5.96 Å². The lowest BCUT2D eigenvalue weighted by Gasteiger charge is -2.26. The fourth-order valence-electron chi connectivity index (χ4n) is 3.54. The minimum Gasteiger partial charge on any atom is -0.492 e. The normalized spacial score (nSPS) is 19.5. The first-order chi connectivity index (χ1) is 12.8. The van der Waals surface area contributed by atoms with Crippen molar-refractivity contribution in [1.82, 2.24) is 15.5 Å². The van der Waals surface area contributed by atoms with Crippen LogP contribution in [0.25, 0.3) is 0 Å². The smallest absolute Gasteiger partial charge is 0.191 e. The highest BCUT2D eigenvalue weighted by Crippen LogP contribution is 2.19. The van der Waals surface area contributed by atoms with Crippen molar-refractivity contribution in [2.24, 2.45) is 4.99 Å². The number of nitrogens with one attached hydrogen (secondary N) is 2. The summed E-state index contributed by atoms with van der Waals surface area (Å²) in [5, 5.41) is 6.95. The van der Waals surface area contributed by atoms with Crippen LogP contribution in [0.3, 0.4) is 0 Å². The Morgan fingerprint density at radius 1 is 1.23 bits per heavy atom. The molecule has 2 aliphatic rings. The molecule has 1 saturated heterocycles. The highest BCUT2D eigenvalue weighted by Gasteiger charge is 2.16. The summed E-state index contributed by atoms with van der Waals surface area (Å²) in [7, 11) is 1.83. The SMILES string of the molecule is CN=C(NCc1ccccc1OCCN1CCOCC1)NC1CCCC1. The summed E-state index contributed by atoms with van der Waals surface area (Å²) in [5.41, 5.74) is 1.16. The Kier molecular flexibility index (Phi) is 7.58. The highest BCUT2D eigenvalue weighted by atomic mass is 16.5. The summed E-state index contributed by atoms with van der Waals surface area (Å²) in [4.78, 5) is 6.74. The second kappa shape index (κ2) is 10.4. The molecule has 0 bridgehead atoms. The first-order valence-electron chi connectivity index (χ1n) is 9.83. The minimum atomic E-state index is 0.557. The third-order valence-electron chi connectivity index (χ3n) is 5.11. The number of aliphatic imine (C=N–C) groups is 1. The Hall–Kier alpha value is -1.79. The molecule has 6 heteroatoms. The predicted molar refractivity (Wildman–Crippen MR) is 105 cm³/mol. The zero-order chi connectivity index (χ0) is 18.0. The number of guanidine groups is 1. The van der Waals surface area contributed by atoms with Crippen LogP contribution in [0.4, 0.5) is 0 Å². The third-order valence-corrected chi connectivity index (χ3v) is 5.11. The van der Waals surface area contributed by atoms with Gasteiger partial charge < -0.3 is 20.1 Å². The standard InChI is InChI=1S/C20H32N4O2/c1-21-20(23-18-7-3-4-8-18)22-16-17-6-2-5-9-19(17)26-15-12-24-10-13-25-14-11-24/h2,5-6,9,18H,3-4,7-8,10-16H2,1H3,(H2,21,22,23). The number of morpholine rings is 1. The number of benzene rings is 1. The van der Waals surface area contributed by atoms with Crippen molar-refractivity contribution in [3.05, 3.63) is 29.8 Å². The average Bonchev–Trinajstić information content (AvgIpc) is 3.20. The van der Waals surface area contributed by atoms with Crippen molar-refractivity contribution in [3.63, 3.8) is 0 Å². The van der Waals surface area contributed by atoms with Crippen LogP contribution in [0.2, 0.25) is 0 Å². The molecule has 144 valence electrons. The molecular formula is C20H32N4O2. The van der Waals surface area contributed by atoms with Gasteiger partial charge in [-0.05, 0) is 18.9 Å². The first kappa shape index (κ1) is 19.0. The fourth-order valence-corrected chi connectivity index (χ4v) is 3.54. The van der Waals surface area contributed by atoms with Gasteiger partial charge in [-0.1, -0.05) is 31.0 Å². The minimum absolute atomic E-state index is 0.557. The van der Waals surface area contributed by atoms with Gasteiger partial charge in [0.1, 0.15) is 12.4 Å². The molecule has 0 aromatic heterocycles. The van der Waals surface area contributed by atoms with E-state index in [2.05, 4.69) is 32.7 Å². The molecular weight excluding hydrogens is 328 g/mol. The molecule has 1 aliphatic heterocycles. The molecule has 0 unspecified atom stereocenters. The van der Waals surface area contributed by atoms with Gasteiger partial charge in [0.05, 0.1) is 13.2 Å².